The third kappa shape index (κ3) is 6.14. The van der Waals surface area contributed by atoms with Crippen molar-refractivity contribution in [3.05, 3.63) is 66.0 Å². The van der Waals surface area contributed by atoms with Gasteiger partial charge in [0.15, 0.2) is 21.5 Å². The van der Waals surface area contributed by atoms with Crippen LogP contribution < -0.4 is 17.3 Å². The molecule has 0 spiro atoms. The zero-order valence-corrected chi connectivity index (χ0v) is 21.3. The molecule has 3 aromatic rings. The molecule has 0 bridgehead atoms. The van der Waals surface area contributed by atoms with Crippen molar-refractivity contribution < 1.29 is 20.8 Å². The molecule has 1 unspecified atom stereocenters. The van der Waals surface area contributed by atoms with Crippen molar-refractivity contribution in [2.45, 2.75) is 49.9 Å². The Kier molecular flexibility index (Phi) is 9.04. The fourth-order valence-electron chi connectivity index (χ4n) is 4.33. The van der Waals surface area contributed by atoms with Gasteiger partial charge in [-0.1, -0.05) is 55.7 Å². The molecule has 1 saturated heterocycles. The van der Waals surface area contributed by atoms with Crippen LogP contribution in [0.25, 0.3) is 0 Å². The molecule has 1 aromatic heterocycles. The first-order chi connectivity index (χ1) is 16.0. The van der Waals surface area contributed by atoms with Crippen molar-refractivity contribution in [3.63, 3.8) is 0 Å². The maximum Gasteiger partial charge on any atom is 0.198 e. The number of rotatable bonds is 9. The van der Waals surface area contributed by atoms with E-state index in [9.17, 15) is 8.42 Å². The van der Waals surface area contributed by atoms with Crippen LogP contribution in [0.2, 0.25) is 0 Å². The summed E-state index contributed by atoms with van der Waals surface area (Å²) in [7, 11) is -3.56. The monoisotopic (exact) mass is 503 g/mol. The molecule has 1 atom stereocenters. The number of tetrazole rings is 1. The van der Waals surface area contributed by atoms with E-state index in [-0.39, 0.29) is 29.2 Å². The number of unbranched alkanes of at least 4 members (excludes halogenated alkanes) is 1. The molecule has 34 heavy (non-hydrogen) atoms. The average Bonchev–Trinajstić information content (AvgIpc) is 3.27. The summed E-state index contributed by atoms with van der Waals surface area (Å²) in [4.78, 5) is 5.07. The lowest BCUT2D eigenvalue weighted by molar-refractivity contribution is -0.00000947. The molecule has 2 heterocycles. The number of sulfone groups is 1. The van der Waals surface area contributed by atoms with E-state index < -0.39 is 9.84 Å². The minimum Gasteiger partial charge on any atom is -1.00 e. The highest BCUT2D eigenvalue weighted by molar-refractivity contribution is 7.90. The predicted octanol–water partition coefficient (Wildman–Crippen LogP) is 0.470. The van der Waals surface area contributed by atoms with Crippen LogP contribution in [0.5, 0.6) is 0 Å². The SMILES string of the molecule is CCCCC(c1nnnn1CS(=O)(=O)c1ccc(C)cc1)N1CCN(c2ccccc2)CC1.[Cl-]. The van der Waals surface area contributed by atoms with Crippen LogP contribution in [0.4, 0.5) is 5.69 Å². The highest BCUT2D eigenvalue weighted by atomic mass is 35.5. The number of nitrogens with zero attached hydrogens (tertiary/aromatic N) is 6. The second-order valence-electron chi connectivity index (χ2n) is 8.61. The molecule has 2 aromatic carbocycles. The standard InChI is InChI=1S/C24H32N6O2S.ClH/c1-3-4-10-23(29-17-15-28(16-18-29)21-8-6-5-7-9-21)24-25-26-27-30(24)19-33(31,32)22-13-11-20(2)12-14-22;/h5-9,11-14,23H,3-4,10,15-19H2,1-2H3;1H/p-1. The molecule has 4 rings (SSSR count). The maximum absolute atomic E-state index is 13.0. The number of piperazine rings is 1. The largest absolute Gasteiger partial charge is 1.00 e. The van der Waals surface area contributed by atoms with Crippen LogP contribution >= 0.6 is 0 Å². The minimum atomic E-state index is -3.56. The lowest BCUT2D eigenvalue weighted by Crippen LogP contribution is -3.00. The molecule has 184 valence electrons. The van der Waals surface area contributed by atoms with Crippen LogP contribution in [-0.4, -0.2) is 59.7 Å². The molecule has 0 saturated carbocycles. The Morgan fingerprint density at radius 3 is 2.29 bits per heavy atom. The molecule has 0 amide bonds. The number of hydrogen-bond donors (Lipinski definition) is 0. The zero-order chi connectivity index (χ0) is 23.3. The predicted molar refractivity (Wildman–Crippen MR) is 129 cm³/mol. The topological polar surface area (TPSA) is 84.2 Å². The Hall–Kier alpha value is -2.49. The van der Waals surface area contributed by atoms with Gasteiger partial charge in [-0.2, -0.15) is 0 Å². The first kappa shape index (κ1) is 26.1. The molecule has 1 fully saturated rings. The lowest BCUT2D eigenvalue weighted by atomic mass is 10.1. The van der Waals surface area contributed by atoms with Gasteiger partial charge < -0.3 is 17.3 Å². The smallest absolute Gasteiger partial charge is 0.198 e. The molecule has 10 heteroatoms. The third-order valence-electron chi connectivity index (χ3n) is 6.24. The number of aryl methyl sites for hydroxylation is 1. The van der Waals surface area contributed by atoms with Crippen molar-refractivity contribution in [1.82, 2.24) is 25.1 Å². The van der Waals surface area contributed by atoms with Gasteiger partial charge in [-0.05, 0) is 48.0 Å². The Balaban J connectivity index is 0.00000324. The van der Waals surface area contributed by atoms with Crippen molar-refractivity contribution in [2.24, 2.45) is 0 Å². The molecule has 1 aliphatic rings. The molecule has 0 radical (unpaired) electrons. The summed E-state index contributed by atoms with van der Waals surface area (Å²) < 4.78 is 27.5. The second-order valence-corrected chi connectivity index (χ2v) is 10.6. The first-order valence-corrected chi connectivity index (χ1v) is 13.2. The fourth-order valence-corrected chi connectivity index (χ4v) is 5.53. The molecular weight excluding hydrogens is 472 g/mol. The van der Waals surface area contributed by atoms with E-state index in [0.29, 0.717) is 5.82 Å². The fraction of sp³-hybridized carbons (Fsp3) is 0.458. The Morgan fingerprint density at radius 1 is 0.971 bits per heavy atom. The number of benzene rings is 2. The number of hydrogen-bond acceptors (Lipinski definition) is 7. The van der Waals surface area contributed by atoms with E-state index in [1.54, 1.807) is 12.1 Å². The number of aromatic nitrogens is 4. The van der Waals surface area contributed by atoms with Gasteiger partial charge in [0.2, 0.25) is 0 Å². The van der Waals surface area contributed by atoms with Gasteiger partial charge in [0.05, 0.1) is 10.9 Å². The highest BCUT2D eigenvalue weighted by Gasteiger charge is 2.30. The average molecular weight is 504 g/mol. The second kappa shape index (κ2) is 11.8. The van der Waals surface area contributed by atoms with Crippen molar-refractivity contribution in [2.75, 3.05) is 31.1 Å². The van der Waals surface area contributed by atoms with E-state index in [0.717, 1.165) is 51.0 Å². The van der Waals surface area contributed by atoms with Crippen LogP contribution in [0.1, 0.15) is 43.6 Å². The van der Waals surface area contributed by atoms with E-state index in [2.05, 4.69) is 56.5 Å². The highest BCUT2D eigenvalue weighted by Crippen LogP contribution is 2.28. The van der Waals surface area contributed by atoms with Gasteiger partial charge in [-0.3, -0.25) is 4.90 Å². The van der Waals surface area contributed by atoms with Crippen LogP contribution in [0.3, 0.4) is 0 Å². The summed E-state index contributed by atoms with van der Waals surface area (Å²) in [6.07, 6.45) is 2.98. The summed E-state index contributed by atoms with van der Waals surface area (Å²) >= 11 is 0. The van der Waals surface area contributed by atoms with Gasteiger partial charge in [0.25, 0.3) is 0 Å². The van der Waals surface area contributed by atoms with Crippen LogP contribution in [0, 0.1) is 6.92 Å². The van der Waals surface area contributed by atoms with Gasteiger partial charge in [-0.15, -0.1) is 5.10 Å². The van der Waals surface area contributed by atoms with E-state index in [4.69, 9.17) is 0 Å². The number of halogens is 1. The van der Waals surface area contributed by atoms with Crippen molar-refractivity contribution >= 4 is 15.5 Å². The van der Waals surface area contributed by atoms with Gasteiger partial charge in [-0.25, -0.2) is 13.1 Å². The Labute approximate surface area is 208 Å². The van der Waals surface area contributed by atoms with Gasteiger partial charge >= 0.3 is 0 Å². The normalized spacial score (nSPS) is 15.6. The van der Waals surface area contributed by atoms with E-state index in [1.165, 1.54) is 10.4 Å². The van der Waals surface area contributed by atoms with Crippen LogP contribution in [-0.2, 0) is 15.7 Å². The van der Waals surface area contributed by atoms with Crippen molar-refractivity contribution in [1.29, 1.82) is 0 Å². The van der Waals surface area contributed by atoms with Crippen molar-refractivity contribution in [3.8, 4) is 0 Å². The van der Waals surface area contributed by atoms with Crippen LogP contribution in [0.15, 0.2) is 59.5 Å². The molecule has 8 nitrogen and oxygen atoms in total. The molecule has 0 N–H and O–H groups in total. The minimum absolute atomic E-state index is 0. The lowest BCUT2D eigenvalue weighted by Gasteiger charge is -2.39. The third-order valence-corrected chi connectivity index (χ3v) is 7.81. The summed E-state index contributed by atoms with van der Waals surface area (Å²) in [5, 5.41) is 12.2. The van der Waals surface area contributed by atoms with Gasteiger partial charge in [0.1, 0.15) is 0 Å². The molecular formula is C24H32ClN6O2S-. The summed E-state index contributed by atoms with van der Waals surface area (Å²) in [6.45, 7) is 7.67. The number of para-hydroxylation sites is 1. The summed E-state index contributed by atoms with van der Waals surface area (Å²) in [5.41, 5.74) is 2.25. The quantitative estimate of drug-likeness (QED) is 0.419. The van der Waals surface area contributed by atoms with E-state index >= 15 is 0 Å². The maximum atomic E-state index is 13.0. The summed E-state index contributed by atoms with van der Waals surface area (Å²) in [5.74, 6) is 0.373. The first-order valence-electron chi connectivity index (χ1n) is 11.6. The number of anilines is 1. The summed E-state index contributed by atoms with van der Waals surface area (Å²) in [6, 6.07) is 17.3. The molecule has 0 aliphatic carbocycles. The Bertz CT molecular complexity index is 1130. The van der Waals surface area contributed by atoms with E-state index in [1.807, 2.05) is 25.1 Å². The molecule has 1 aliphatic heterocycles. The Morgan fingerprint density at radius 2 is 1.65 bits per heavy atom. The zero-order valence-electron chi connectivity index (χ0n) is 19.7. The van der Waals surface area contributed by atoms with Gasteiger partial charge in [0, 0.05) is 31.9 Å².